The second kappa shape index (κ2) is 36.4. The second-order valence-electron chi connectivity index (χ2n) is 19.3. The average Bonchev–Trinajstić information content (AvgIpc) is 3.30. The third-order valence-electron chi connectivity index (χ3n) is 13.8. The van der Waals surface area contributed by atoms with Gasteiger partial charge in [-0.2, -0.15) is 0 Å². The van der Waals surface area contributed by atoms with Crippen LogP contribution in [0.1, 0.15) is 213 Å². The summed E-state index contributed by atoms with van der Waals surface area (Å²) in [6.07, 6.45) is 35.3. The number of hydrogen-bond acceptors (Lipinski definition) is 8. The zero-order chi connectivity index (χ0) is 48.3. The Morgan fingerprint density at radius 3 is 1.50 bits per heavy atom. The largest absolute Gasteiger partial charge is 0.472 e. The van der Waals surface area contributed by atoms with Crippen molar-refractivity contribution in [2.45, 2.75) is 232 Å². The molecule has 1 fully saturated rings. The number of ether oxygens (including phenoxy) is 3. The van der Waals surface area contributed by atoms with Crippen molar-refractivity contribution in [1.82, 2.24) is 0 Å². The molecule has 1 aromatic carbocycles. The number of allylic oxidation sites excluding steroid dienone is 2. The van der Waals surface area contributed by atoms with Gasteiger partial charge < -0.3 is 19.1 Å². The van der Waals surface area contributed by atoms with Gasteiger partial charge in [0.2, 0.25) is 0 Å². The number of carbonyl (C=O) groups is 2. The average molecular weight is 943 g/mol. The zero-order valence-electron chi connectivity index (χ0n) is 42.3. The number of carbonyl (C=O) groups excluding carboxylic acids is 2. The Morgan fingerprint density at radius 1 is 0.636 bits per heavy atom. The van der Waals surface area contributed by atoms with Crippen molar-refractivity contribution in [2.75, 3.05) is 13.2 Å². The molecule has 0 spiro atoms. The van der Waals surface area contributed by atoms with Crippen molar-refractivity contribution >= 4 is 19.8 Å². The number of rotatable bonds is 42. The number of phosphoric acid groups is 1. The van der Waals surface area contributed by atoms with E-state index >= 15 is 0 Å². The molecule has 378 valence electrons. The molecule has 66 heavy (non-hydrogen) atoms. The van der Waals surface area contributed by atoms with Crippen LogP contribution in [0.4, 0.5) is 0 Å². The first kappa shape index (κ1) is 59.6. The minimum absolute atomic E-state index is 0.112. The summed E-state index contributed by atoms with van der Waals surface area (Å²) in [7, 11) is -4.84. The van der Waals surface area contributed by atoms with Crippen LogP contribution in [0.3, 0.4) is 0 Å². The monoisotopic (exact) mass is 943 g/mol. The summed E-state index contributed by atoms with van der Waals surface area (Å²) in [6.45, 7) is 19.9. The number of benzene rings is 1. The molecule has 1 N–H and O–H groups in total. The van der Waals surface area contributed by atoms with Crippen LogP contribution in [-0.4, -0.2) is 47.9 Å². The molecule has 10 heteroatoms. The van der Waals surface area contributed by atoms with Gasteiger partial charge in [-0.05, 0) is 43.1 Å². The van der Waals surface area contributed by atoms with Crippen LogP contribution in [0.15, 0.2) is 68.3 Å². The maximum atomic E-state index is 14.0. The van der Waals surface area contributed by atoms with E-state index in [-0.39, 0.29) is 49.7 Å². The molecule has 0 amide bonds. The van der Waals surface area contributed by atoms with Gasteiger partial charge in [-0.3, -0.25) is 18.6 Å². The first-order chi connectivity index (χ1) is 32.0. The van der Waals surface area contributed by atoms with Crippen molar-refractivity contribution in [3.8, 4) is 0 Å². The summed E-state index contributed by atoms with van der Waals surface area (Å²) < 4.78 is 43.8. The molecule has 7 unspecified atom stereocenters. The van der Waals surface area contributed by atoms with E-state index in [0.717, 1.165) is 44.1 Å². The van der Waals surface area contributed by atoms with Gasteiger partial charge in [0.15, 0.2) is 6.10 Å². The van der Waals surface area contributed by atoms with Gasteiger partial charge in [0.05, 0.1) is 19.3 Å². The minimum atomic E-state index is -4.84. The van der Waals surface area contributed by atoms with Gasteiger partial charge in [-0.15, -0.1) is 19.7 Å². The van der Waals surface area contributed by atoms with E-state index in [4.69, 9.17) is 23.3 Å². The molecule has 8 atom stereocenters. The first-order valence-electron chi connectivity index (χ1n) is 26.5. The Balaban J connectivity index is 2.00. The Labute approximate surface area is 403 Å². The molecule has 9 nitrogen and oxygen atoms in total. The normalized spacial score (nSPS) is 22.0. The molecule has 1 saturated carbocycles. The number of esters is 2. The Hall–Kier alpha value is -2.55. The van der Waals surface area contributed by atoms with Crippen LogP contribution in [-0.2, 0) is 44.0 Å². The Morgan fingerprint density at radius 2 is 1.06 bits per heavy atom. The van der Waals surface area contributed by atoms with Gasteiger partial charge in [0.1, 0.15) is 12.2 Å². The lowest BCUT2D eigenvalue weighted by Gasteiger charge is -2.54. The van der Waals surface area contributed by atoms with Crippen LogP contribution in [0.25, 0.3) is 0 Å². The van der Waals surface area contributed by atoms with E-state index in [9.17, 15) is 19.0 Å². The van der Waals surface area contributed by atoms with Crippen LogP contribution in [0.2, 0.25) is 0 Å². The number of unbranched alkanes of at least 4 members (excludes halogenated alkanes) is 24. The molecule has 0 aromatic heterocycles. The molecule has 1 aliphatic carbocycles. The smallest absolute Gasteiger partial charge is 0.462 e. The highest BCUT2D eigenvalue weighted by molar-refractivity contribution is 7.47. The molecular formula is C56H95O9P. The molecule has 0 bridgehead atoms. The molecule has 1 aliphatic rings. The summed E-state index contributed by atoms with van der Waals surface area (Å²) >= 11 is 0. The highest BCUT2D eigenvalue weighted by atomic mass is 31.2. The van der Waals surface area contributed by atoms with Crippen LogP contribution >= 0.6 is 7.82 Å². The van der Waals surface area contributed by atoms with E-state index in [0.29, 0.717) is 12.8 Å². The van der Waals surface area contributed by atoms with E-state index in [1.165, 1.54) is 116 Å². The fraction of sp³-hybridized carbons (Fsp3) is 0.750. The maximum absolute atomic E-state index is 14.0. The van der Waals surface area contributed by atoms with Crippen molar-refractivity contribution < 1.29 is 42.3 Å². The van der Waals surface area contributed by atoms with E-state index < -0.39 is 44.2 Å². The van der Waals surface area contributed by atoms with Gasteiger partial charge in [-0.1, -0.05) is 223 Å². The minimum Gasteiger partial charge on any atom is -0.462 e. The summed E-state index contributed by atoms with van der Waals surface area (Å²) in [4.78, 5) is 37.4. The van der Waals surface area contributed by atoms with Gasteiger partial charge in [-0.25, -0.2) is 4.57 Å². The topological polar surface area (TPSA) is 118 Å². The Kier molecular flexibility index (Phi) is 32.9. The zero-order valence-corrected chi connectivity index (χ0v) is 43.2. The molecule has 1 aromatic rings. The molecule has 0 aliphatic heterocycles. The summed E-state index contributed by atoms with van der Waals surface area (Å²) in [5.41, 5.74) is -0.413. The van der Waals surface area contributed by atoms with Crippen LogP contribution < -0.4 is 0 Å². The fourth-order valence-corrected chi connectivity index (χ4v) is 10.8. The quantitative estimate of drug-likeness (QED) is 0.0296. The summed E-state index contributed by atoms with van der Waals surface area (Å²) in [5, 5.41) is 0. The van der Waals surface area contributed by atoms with Crippen LogP contribution in [0.5, 0.6) is 0 Å². The van der Waals surface area contributed by atoms with Gasteiger partial charge in [0, 0.05) is 18.8 Å². The molecule has 2 rings (SSSR count). The van der Waals surface area contributed by atoms with E-state index in [2.05, 4.69) is 33.6 Å². The molecule has 0 radical (unpaired) electrons. The predicted molar refractivity (Wildman–Crippen MR) is 272 cm³/mol. The summed E-state index contributed by atoms with van der Waals surface area (Å²) in [5.74, 6) is -1.85. The van der Waals surface area contributed by atoms with Gasteiger partial charge >= 0.3 is 19.8 Å². The van der Waals surface area contributed by atoms with Crippen molar-refractivity contribution in [2.24, 2.45) is 23.7 Å². The Bertz CT molecular complexity index is 1480. The standard InChI is InChI=1S/C56H95O9P/c1-8-13-15-17-19-21-23-25-27-29-31-33-38-42-53(57)61-45-49(64-54(58)43-39-34-32-30-28-26-24-22-20-18-16-14-9-2)46-63-66(59,60)65-56(7)47(6)50(10-3)51(11-4)52(12-5)55(56)62-44-48-40-36-35-37-41-48/h10-12,35-37,40-41,47,49-52,55H,3-5,8-9,13-34,38-39,42-46H2,1-2,6-7H3,(H,59,60)/t47?,49-,50?,51?,52?,55?,56?/m1/s1. The van der Waals surface area contributed by atoms with Crippen molar-refractivity contribution in [3.05, 3.63) is 73.9 Å². The lowest BCUT2D eigenvalue weighted by molar-refractivity contribution is -0.183. The predicted octanol–water partition coefficient (Wildman–Crippen LogP) is 15.9. The maximum Gasteiger partial charge on any atom is 0.472 e. The number of hydrogen-bond donors (Lipinski definition) is 1. The highest BCUT2D eigenvalue weighted by Crippen LogP contribution is 2.57. The first-order valence-corrected chi connectivity index (χ1v) is 28.0. The lowest BCUT2D eigenvalue weighted by atomic mass is 9.59. The lowest BCUT2D eigenvalue weighted by Crippen LogP contribution is -2.60. The second-order valence-corrected chi connectivity index (χ2v) is 20.6. The molecule has 0 heterocycles. The third-order valence-corrected chi connectivity index (χ3v) is 14.9. The fourth-order valence-electron chi connectivity index (χ4n) is 9.59. The molecule has 0 saturated heterocycles. The van der Waals surface area contributed by atoms with Crippen LogP contribution in [0, 0.1) is 23.7 Å². The van der Waals surface area contributed by atoms with Crippen molar-refractivity contribution in [3.63, 3.8) is 0 Å². The van der Waals surface area contributed by atoms with E-state index in [1.807, 2.05) is 49.4 Å². The highest BCUT2D eigenvalue weighted by Gasteiger charge is 2.57. The van der Waals surface area contributed by atoms with E-state index in [1.54, 1.807) is 13.0 Å². The van der Waals surface area contributed by atoms with Gasteiger partial charge in [0.25, 0.3) is 0 Å². The SMILES string of the molecule is C=CC1C(C=C)C(C)C(C)(OP(=O)(O)OC[C@@H](COC(=O)CCCCCCCCCCCCCCC)OC(=O)CCCCCCCCCCCCCCC)C(OCc2ccccc2)C1C=C. The molecular weight excluding hydrogens is 848 g/mol. The summed E-state index contributed by atoms with van der Waals surface area (Å²) in [6, 6.07) is 9.70. The third kappa shape index (κ3) is 24.6. The number of phosphoric ester groups is 1. The van der Waals surface area contributed by atoms with Crippen molar-refractivity contribution in [1.29, 1.82) is 0 Å².